The van der Waals surface area contributed by atoms with Crippen LogP contribution in [0.25, 0.3) is 0 Å². The van der Waals surface area contributed by atoms with Crippen molar-refractivity contribution in [2.45, 2.75) is 69.2 Å². The summed E-state index contributed by atoms with van der Waals surface area (Å²) in [6, 6.07) is 0. The third kappa shape index (κ3) is 2.67. The lowest BCUT2D eigenvalue weighted by molar-refractivity contribution is 1.15. The van der Waals surface area contributed by atoms with E-state index in [-0.39, 0.29) is 0 Å². The zero-order valence-corrected chi connectivity index (χ0v) is 16.5. The molecule has 1 heteroatoms. The van der Waals surface area contributed by atoms with Gasteiger partial charge in [0.2, 0.25) is 0 Å². The molecule has 2 aromatic carbocycles. The van der Waals surface area contributed by atoms with Gasteiger partial charge in [-0.2, -0.15) is 0 Å². The minimum Gasteiger partial charge on any atom is -0.355 e. The molecule has 1 N–H and O–H groups in total. The third-order valence-electron chi connectivity index (χ3n) is 6.25. The van der Waals surface area contributed by atoms with Crippen molar-refractivity contribution in [2.24, 2.45) is 0 Å². The van der Waals surface area contributed by atoms with Gasteiger partial charge in [-0.15, -0.1) is 0 Å². The van der Waals surface area contributed by atoms with Crippen LogP contribution in [0.5, 0.6) is 0 Å². The van der Waals surface area contributed by atoms with Gasteiger partial charge < -0.3 is 5.32 Å². The van der Waals surface area contributed by atoms with E-state index in [4.69, 9.17) is 0 Å². The molecule has 0 spiro atoms. The highest BCUT2D eigenvalue weighted by molar-refractivity contribution is 5.76. The monoisotopic (exact) mass is 309 g/mol. The second-order valence-electron chi connectivity index (χ2n) is 7.12. The predicted octanol–water partition coefficient (Wildman–Crippen LogP) is 6.51. The van der Waals surface area contributed by atoms with Crippen molar-refractivity contribution in [2.75, 3.05) is 5.32 Å². The smallest absolute Gasteiger partial charge is 0.0449 e. The van der Waals surface area contributed by atoms with Crippen LogP contribution in [0.2, 0.25) is 0 Å². The van der Waals surface area contributed by atoms with E-state index in [2.05, 4.69) is 74.6 Å². The maximum Gasteiger partial charge on any atom is 0.0449 e. The van der Waals surface area contributed by atoms with Crippen LogP contribution in [0, 0.1) is 69.2 Å². The lowest BCUT2D eigenvalue weighted by Crippen LogP contribution is -2.07. The van der Waals surface area contributed by atoms with Gasteiger partial charge in [-0.1, -0.05) is 0 Å². The summed E-state index contributed by atoms with van der Waals surface area (Å²) in [4.78, 5) is 0. The Hall–Kier alpha value is -1.76. The van der Waals surface area contributed by atoms with Gasteiger partial charge >= 0.3 is 0 Å². The maximum atomic E-state index is 3.79. The molecule has 0 unspecified atom stereocenters. The molecular formula is C22H31N. The molecular weight excluding hydrogens is 278 g/mol. The number of benzene rings is 2. The molecule has 2 rings (SSSR count). The first-order valence-corrected chi connectivity index (χ1v) is 8.50. The first kappa shape index (κ1) is 17.6. The number of rotatable bonds is 2. The second-order valence-corrected chi connectivity index (χ2v) is 7.12. The third-order valence-corrected chi connectivity index (χ3v) is 6.25. The summed E-state index contributed by atoms with van der Waals surface area (Å²) in [5.74, 6) is 0. The summed E-state index contributed by atoms with van der Waals surface area (Å²) in [6.07, 6.45) is 0. The van der Waals surface area contributed by atoms with E-state index in [1.54, 1.807) is 0 Å². The fraction of sp³-hybridized carbons (Fsp3) is 0.455. The molecule has 0 amide bonds. The largest absolute Gasteiger partial charge is 0.355 e. The highest BCUT2D eigenvalue weighted by atomic mass is 14.9. The first-order valence-electron chi connectivity index (χ1n) is 8.50. The molecule has 1 nitrogen and oxygen atoms in total. The van der Waals surface area contributed by atoms with E-state index in [1.807, 2.05) is 0 Å². The van der Waals surface area contributed by atoms with Crippen LogP contribution in [0.1, 0.15) is 55.6 Å². The number of nitrogens with one attached hydrogen (secondary N) is 1. The zero-order chi connectivity index (χ0) is 17.6. The molecule has 0 fully saturated rings. The molecule has 0 atom stereocenters. The average molecular weight is 309 g/mol. The van der Waals surface area contributed by atoms with Crippen molar-refractivity contribution >= 4 is 11.4 Å². The Kier molecular flexibility index (Phi) is 4.61. The van der Waals surface area contributed by atoms with Crippen molar-refractivity contribution in [3.05, 3.63) is 55.6 Å². The Balaban J connectivity index is 2.71. The van der Waals surface area contributed by atoms with E-state index < -0.39 is 0 Å². The van der Waals surface area contributed by atoms with Crippen molar-refractivity contribution < 1.29 is 0 Å². The highest BCUT2D eigenvalue weighted by Gasteiger charge is 2.16. The Labute approximate surface area is 142 Å². The van der Waals surface area contributed by atoms with Gasteiger partial charge in [0.15, 0.2) is 0 Å². The lowest BCUT2D eigenvalue weighted by Gasteiger charge is -2.24. The number of anilines is 2. The molecule has 2 aromatic rings. The molecule has 0 radical (unpaired) electrons. The van der Waals surface area contributed by atoms with Crippen molar-refractivity contribution in [1.82, 2.24) is 0 Å². The fourth-order valence-electron chi connectivity index (χ4n) is 3.50. The number of hydrogen-bond donors (Lipinski definition) is 1. The molecule has 0 aliphatic heterocycles. The van der Waals surface area contributed by atoms with Gasteiger partial charge in [0.25, 0.3) is 0 Å². The van der Waals surface area contributed by atoms with E-state index in [1.165, 1.54) is 67.0 Å². The van der Waals surface area contributed by atoms with E-state index in [0.29, 0.717) is 0 Å². The molecule has 0 saturated carbocycles. The maximum absolute atomic E-state index is 3.79. The zero-order valence-electron chi connectivity index (χ0n) is 16.5. The molecule has 0 aromatic heterocycles. The van der Waals surface area contributed by atoms with Gasteiger partial charge in [-0.05, 0) is 125 Å². The van der Waals surface area contributed by atoms with Crippen LogP contribution in [0.4, 0.5) is 11.4 Å². The molecule has 0 bridgehead atoms. The van der Waals surface area contributed by atoms with Crippen molar-refractivity contribution in [3.8, 4) is 0 Å². The Morgan fingerprint density at radius 2 is 0.478 bits per heavy atom. The van der Waals surface area contributed by atoms with Crippen LogP contribution in [0.3, 0.4) is 0 Å². The Morgan fingerprint density at radius 1 is 0.304 bits per heavy atom. The van der Waals surface area contributed by atoms with Gasteiger partial charge in [0.05, 0.1) is 0 Å². The van der Waals surface area contributed by atoms with Crippen LogP contribution >= 0.6 is 0 Å². The molecule has 23 heavy (non-hydrogen) atoms. The summed E-state index contributed by atoms with van der Waals surface area (Å²) in [7, 11) is 0. The minimum atomic E-state index is 1.28. The van der Waals surface area contributed by atoms with Gasteiger partial charge in [0, 0.05) is 11.4 Å². The van der Waals surface area contributed by atoms with Gasteiger partial charge in [-0.3, -0.25) is 0 Å². The normalized spacial score (nSPS) is 11.0. The fourth-order valence-corrected chi connectivity index (χ4v) is 3.50. The Bertz CT molecular complexity index is 669. The summed E-state index contributed by atoms with van der Waals surface area (Å²) < 4.78 is 0. The number of hydrogen-bond acceptors (Lipinski definition) is 1. The molecule has 124 valence electrons. The van der Waals surface area contributed by atoms with Crippen molar-refractivity contribution in [1.29, 1.82) is 0 Å². The van der Waals surface area contributed by atoms with Crippen LogP contribution in [-0.2, 0) is 0 Å². The molecule has 0 saturated heterocycles. The van der Waals surface area contributed by atoms with Gasteiger partial charge in [-0.25, -0.2) is 0 Å². The van der Waals surface area contributed by atoms with Crippen LogP contribution in [-0.4, -0.2) is 0 Å². The summed E-state index contributed by atoms with van der Waals surface area (Å²) >= 11 is 0. The van der Waals surface area contributed by atoms with E-state index >= 15 is 0 Å². The Morgan fingerprint density at radius 3 is 0.696 bits per heavy atom. The average Bonchev–Trinajstić information content (AvgIpc) is 2.54. The molecule has 0 aliphatic carbocycles. The SMILES string of the molecule is Cc1c(C)c(C)c(Nc2c(C)c(C)c(C)c(C)c2C)c(C)c1C. The summed E-state index contributed by atoms with van der Waals surface area (Å²) in [5, 5.41) is 3.79. The standard InChI is InChI=1S/C22H31N/c1-11-13(3)17(7)21(18(8)14(11)4)23-22-19(9)15(5)12(2)16(6)20(22)10/h23H,1-10H3. The predicted molar refractivity (Wildman–Crippen MR) is 104 cm³/mol. The van der Waals surface area contributed by atoms with E-state index in [9.17, 15) is 0 Å². The summed E-state index contributed by atoms with van der Waals surface area (Å²) in [6.45, 7) is 22.3. The van der Waals surface area contributed by atoms with Gasteiger partial charge in [0.1, 0.15) is 0 Å². The molecule has 0 aliphatic rings. The van der Waals surface area contributed by atoms with Crippen LogP contribution < -0.4 is 5.32 Å². The summed E-state index contributed by atoms with van der Waals surface area (Å²) in [5.41, 5.74) is 16.4. The van der Waals surface area contributed by atoms with Crippen molar-refractivity contribution in [3.63, 3.8) is 0 Å². The topological polar surface area (TPSA) is 12.0 Å². The van der Waals surface area contributed by atoms with Crippen LogP contribution in [0.15, 0.2) is 0 Å². The minimum absolute atomic E-state index is 1.28. The van der Waals surface area contributed by atoms with E-state index in [0.717, 1.165) is 0 Å². The molecule has 0 heterocycles. The highest BCUT2D eigenvalue weighted by Crippen LogP contribution is 2.37. The second kappa shape index (κ2) is 6.03. The lowest BCUT2D eigenvalue weighted by atomic mass is 9.90. The quantitative estimate of drug-likeness (QED) is 0.666. The first-order chi connectivity index (χ1) is 10.6.